The second-order valence-electron chi connectivity index (χ2n) is 7.92. The van der Waals surface area contributed by atoms with Crippen LogP contribution in [0, 0.1) is 23.7 Å². The maximum Gasteiger partial charge on any atom is 0.220 e. The first-order valence-corrected chi connectivity index (χ1v) is 8.79. The van der Waals surface area contributed by atoms with Gasteiger partial charge in [-0.2, -0.15) is 0 Å². The topological polar surface area (TPSA) is 41.1 Å². The van der Waals surface area contributed by atoms with Crippen molar-refractivity contribution in [2.45, 2.75) is 69.9 Å². The van der Waals surface area contributed by atoms with Gasteiger partial charge in [0.25, 0.3) is 0 Å². The van der Waals surface area contributed by atoms with Crippen LogP contribution < -0.4 is 10.6 Å². The highest BCUT2D eigenvalue weighted by Gasteiger charge is 2.39. The Balaban J connectivity index is 0.00000132. The second-order valence-corrected chi connectivity index (χ2v) is 7.92. The monoisotopic (exact) mass is 312 g/mol. The third-order valence-electron chi connectivity index (χ3n) is 6.49. The molecule has 5 unspecified atom stereocenters. The largest absolute Gasteiger partial charge is 0.356 e. The van der Waals surface area contributed by atoms with E-state index in [9.17, 15) is 4.79 Å². The Bertz CT molecular complexity index is 377. The molecular formula is C17H29ClN2O. The molecule has 0 aromatic heterocycles. The van der Waals surface area contributed by atoms with Gasteiger partial charge in [-0.3, -0.25) is 4.79 Å². The summed E-state index contributed by atoms with van der Waals surface area (Å²) in [7, 11) is 0. The Morgan fingerprint density at radius 3 is 2.38 bits per heavy atom. The van der Waals surface area contributed by atoms with Gasteiger partial charge in [0.1, 0.15) is 0 Å². The number of carbonyl (C=O) groups is 1. The van der Waals surface area contributed by atoms with Crippen molar-refractivity contribution in [2.75, 3.05) is 6.54 Å². The zero-order valence-corrected chi connectivity index (χ0v) is 13.7. The van der Waals surface area contributed by atoms with Crippen molar-refractivity contribution in [3.63, 3.8) is 0 Å². The van der Waals surface area contributed by atoms with Crippen molar-refractivity contribution in [1.29, 1.82) is 0 Å². The summed E-state index contributed by atoms with van der Waals surface area (Å²) in [6, 6.07) is 1.41. The molecule has 5 atom stereocenters. The molecule has 120 valence electrons. The maximum atomic E-state index is 12.2. The van der Waals surface area contributed by atoms with E-state index in [0.717, 1.165) is 30.7 Å². The predicted octanol–water partition coefficient (Wildman–Crippen LogP) is 2.88. The Morgan fingerprint density at radius 1 is 1.00 bits per heavy atom. The highest BCUT2D eigenvalue weighted by atomic mass is 35.5. The summed E-state index contributed by atoms with van der Waals surface area (Å²) in [6.07, 6.45) is 11.6. The third-order valence-corrected chi connectivity index (χ3v) is 6.49. The van der Waals surface area contributed by atoms with Crippen molar-refractivity contribution < 1.29 is 4.79 Å². The average molecular weight is 313 g/mol. The number of hydrogen-bond donors (Lipinski definition) is 2. The van der Waals surface area contributed by atoms with E-state index in [1.54, 1.807) is 0 Å². The summed E-state index contributed by atoms with van der Waals surface area (Å²) in [6.45, 7) is 0.956. The number of hydrogen-bond acceptors (Lipinski definition) is 2. The molecule has 0 spiro atoms. The minimum atomic E-state index is 0. The molecular weight excluding hydrogens is 284 g/mol. The Hall–Kier alpha value is -0.280. The van der Waals surface area contributed by atoms with Gasteiger partial charge in [0.2, 0.25) is 5.91 Å². The van der Waals surface area contributed by atoms with Crippen molar-refractivity contribution >= 4 is 18.3 Å². The number of piperidine rings is 1. The van der Waals surface area contributed by atoms with E-state index in [1.807, 2.05) is 0 Å². The minimum Gasteiger partial charge on any atom is -0.356 e. The minimum absolute atomic E-state index is 0. The van der Waals surface area contributed by atoms with Crippen LogP contribution in [-0.4, -0.2) is 24.5 Å². The van der Waals surface area contributed by atoms with Crippen molar-refractivity contribution in [1.82, 2.24) is 10.6 Å². The number of carbonyl (C=O) groups excluding carboxylic acids is 1. The molecule has 4 bridgehead atoms. The molecule has 0 radical (unpaired) electrons. The smallest absolute Gasteiger partial charge is 0.220 e. The SMILES string of the molecule is Cl.O=C(CC1CC2CCC(C1)N2)NCC1CC2CCC1C2. The normalized spacial score (nSPS) is 43.6. The van der Waals surface area contributed by atoms with Gasteiger partial charge in [0, 0.05) is 25.0 Å². The highest BCUT2D eigenvalue weighted by Crippen LogP contribution is 2.47. The van der Waals surface area contributed by atoms with Crippen molar-refractivity contribution in [3.8, 4) is 0 Å². The Morgan fingerprint density at radius 2 is 1.76 bits per heavy atom. The van der Waals surface area contributed by atoms with E-state index < -0.39 is 0 Å². The molecule has 3 nitrogen and oxygen atoms in total. The molecule has 2 heterocycles. The fraction of sp³-hybridized carbons (Fsp3) is 0.941. The lowest BCUT2D eigenvalue weighted by atomic mass is 9.88. The van der Waals surface area contributed by atoms with Crippen LogP contribution in [0.25, 0.3) is 0 Å². The van der Waals surface area contributed by atoms with Crippen LogP contribution in [0.15, 0.2) is 0 Å². The molecule has 4 aliphatic rings. The third kappa shape index (κ3) is 3.39. The van der Waals surface area contributed by atoms with Gasteiger partial charge in [-0.15, -0.1) is 12.4 Å². The summed E-state index contributed by atoms with van der Waals surface area (Å²) in [5.74, 6) is 3.66. The number of rotatable bonds is 4. The van der Waals surface area contributed by atoms with E-state index >= 15 is 0 Å². The van der Waals surface area contributed by atoms with Gasteiger partial charge in [0.15, 0.2) is 0 Å². The van der Waals surface area contributed by atoms with Crippen molar-refractivity contribution in [3.05, 3.63) is 0 Å². The van der Waals surface area contributed by atoms with Crippen LogP contribution in [0.5, 0.6) is 0 Å². The van der Waals surface area contributed by atoms with E-state index in [0.29, 0.717) is 23.9 Å². The lowest BCUT2D eigenvalue weighted by Gasteiger charge is -2.29. The first kappa shape index (κ1) is 15.6. The summed E-state index contributed by atoms with van der Waals surface area (Å²) in [4.78, 5) is 12.2. The first-order chi connectivity index (χ1) is 9.76. The molecule has 4 fully saturated rings. The summed E-state index contributed by atoms with van der Waals surface area (Å²) in [5.41, 5.74) is 0. The zero-order valence-electron chi connectivity index (χ0n) is 12.9. The van der Waals surface area contributed by atoms with Crippen LogP contribution in [0.2, 0.25) is 0 Å². The molecule has 0 aromatic carbocycles. The van der Waals surface area contributed by atoms with Crippen LogP contribution >= 0.6 is 12.4 Å². The molecule has 21 heavy (non-hydrogen) atoms. The molecule has 4 rings (SSSR count). The first-order valence-electron chi connectivity index (χ1n) is 8.79. The van der Waals surface area contributed by atoms with E-state index in [1.165, 1.54) is 51.4 Å². The molecule has 1 amide bonds. The van der Waals surface area contributed by atoms with Gasteiger partial charge >= 0.3 is 0 Å². The molecule has 0 aromatic rings. The molecule has 2 aliphatic carbocycles. The fourth-order valence-electron chi connectivity index (χ4n) is 5.55. The van der Waals surface area contributed by atoms with E-state index in [4.69, 9.17) is 0 Å². The quantitative estimate of drug-likeness (QED) is 0.838. The average Bonchev–Trinajstić information content (AvgIpc) is 3.12. The van der Waals surface area contributed by atoms with Gasteiger partial charge < -0.3 is 10.6 Å². The van der Waals surface area contributed by atoms with Gasteiger partial charge in [-0.05, 0) is 68.6 Å². The lowest BCUT2D eigenvalue weighted by Crippen LogP contribution is -2.40. The van der Waals surface area contributed by atoms with E-state index in [2.05, 4.69) is 10.6 Å². The predicted molar refractivity (Wildman–Crippen MR) is 86.5 cm³/mol. The van der Waals surface area contributed by atoms with Gasteiger partial charge in [-0.25, -0.2) is 0 Å². The Kier molecular flexibility index (Phi) is 4.80. The standard InChI is InChI=1S/C17H28N2O.ClH/c20-17(9-12-7-15-3-4-16(8-12)19-15)18-10-14-6-11-1-2-13(14)5-11;/h11-16,19H,1-10H2,(H,18,20);1H. The van der Waals surface area contributed by atoms with Gasteiger partial charge in [-0.1, -0.05) is 6.42 Å². The molecule has 2 saturated carbocycles. The van der Waals surface area contributed by atoms with Crippen LogP contribution in [-0.2, 0) is 4.79 Å². The molecule has 2 aliphatic heterocycles. The summed E-state index contributed by atoms with van der Waals surface area (Å²) in [5, 5.41) is 6.90. The molecule has 2 saturated heterocycles. The lowest BCUT2D eigenvalue weighted by molar-refractivity contribution is -0.122. The second kappa shape index (κ2) is 6.45. The molecule has 2 N–H and O–H groups in total. The number of halogens is 1. The number of fused-ring (bicyclic) bond motifs is 4. The van der Waals surface area contributed by atoms with Crippen molar-refractivity contribution in [2.24, 2.45) is 23.7 Å². The summed E-state index contributed by atoms with van der Waals surface area (Å²) < 4.78 is 0. The summed E-state index contributed by atoms with van der Waals surface area (Å²) >= 11 is 0. The van der Waals surface area contributed by atoms with Gasteiger partial charge in [0.05, 0.1) is 0 Å². The fourth-order valence-corrected chi connectivity index (χ4v) is 5.55. The highest BCUT2D eigenvalue weighted by molar-refractivity contribution is 5.85. The zero-order chi connectivity index (χ0) is 13.5. The van der Waals surface area contributed by atoms with E-state index in [-0.39, 0.29) is 12.4 Å². The van der Waals surface area contributed by atoms with Crippen LogP contribution in [0.1, 0.15) is 57.8 Å². The maximum absolute atomic E-state index is 12.2. The number of amides is 1. The number of nitrogens with one attached hydrogen (secondary N) is 2. The van der Waals surface area contributed by atoms with Crippen LogP contribution in [0.3, 0.4) is 0 Å². The van der Waals surface area contributed by atoms with Crippen LogP contribution in [0.4, 0.5) is 0 Å². The Labute approximate surface area is 134 Å². The molecule has 4 heteroatoms.